The number of carbonyl (C=O) groups is 2. The average molecular weight is 267 g/mol. The van der Waals surface area contributed by atoms with Crippen molar-refractivity contribution in [3.8, 4) is 0 Å². The maximum absolute atomic E-state index is 10.5. The summed E-state index contributed by atoms with van der Waals surface area (Å²) in [7, 11) is 1.71. The van der Waals surface area contributed by atoms with E-state index in [-0.39, 0.29) is 5.60 Å². The molecule has 1 aromatic rings. The van der Waals surface area contributed by atoms with Crippen molar-refractivity contribution < 1.29 is 14.3 Å². The van der Waals surface area contributed by atoms with Gasteiger partial charge in [0, 0.05) is 19.2 Å². The first-order chi connectivity index (χ1) is 8.91. The number of nitrogens with one attached hydrogen (secondary N) is 1. The van der Waals surface area contributed by atoms with Crippen LogP contribution >= 0.6 is 0 Å². The molecule has 2 rings (SSSR count). The van der Waals surface area contributed by atoms with Crippen molar-refractivity contribution in [1.82, 2.24) is 15.1 Å². The van der Waals surface area contributed by atoms with Gasteiger partial charge >= 0.3 is 0 Å². The van der Waals surface area contributed by atoms with Gasteiger partial charge in [0.1, 0.15) is 5.69 Å². The zero-order valence-electron chi connectivity index (χ0n) is 11.9. The maximum atomic E-state index is 10.5. The Labute approximate surface area is 113 Å². The topological polar surface area (TPSA) is 75.3 Å². The van der Waals surface area contributed by atoms with Crippen LogP contribution in [0.15, 0.2) is 0 Å². The van der Waals surface area contributed by atoms with Crippen LogP contribution in [0.5, 0.6) is 0 Å². The SMILES string of the molecule is COC(C)(C)C.O=Cc1n[nH]c2c1CCN(C=O)C2. The number of fused-ring (bicyclic) bond motifs is 1. The average Bonchev–Trinajstić information content (AvgIpc) is 2.80. The zero-order valence-corrected chi connectivity index (χ0v) is 11.9. The third-order valence-electron chi connectivity index (χ3n) is 2.87. The molecule has 1 aromatic heterocycles. The summed E-state index contributed by atoms with van der Waals surface area (Å²) in [5.74, 6) is 0. The van der Waals surface area contributed by atoms with Gasteiger partial charge in [-0.25, -0.2) is 0 Å². The third kappa shape index (κ3) is 4.48. The van der Waals surface area contributed by atoms with Crippen LogP contribution in [0.1, 0.15) is 42.5 Å². The Bertz CT molecular complexity index is 435. The van der Waals surface area contributed by atoms with Crippen molar-refractivity contribution in [3.63, 3.8) is 0 Å². The molecule has 0 unspecified atom stereocenters. The molecule has 6 heteroatoms. The molecule has 2 heterocycles. The summed E-state index contributed by atoms with van der Waals surface area (Å²) in [5.41, 5.74) is 2.34. The highest BCUT2D eigenvalue weighted by Gasteiger charge is 2.19. The molecular formula is C13H21N3O3. The predicted molar refractivity (Wildman–Crippen MR) is 70.9 cm³/mol. The van der Waals surface area contributed by atoms with Gasteiger partial charge in [-0.3, -0.25) is 14.7 Å². The second kappa shape index (κ2) is 6.47. The fraction of sp³-hybridized carbons (Fsp3) is 0.615. The van der Waals surface area contributed by atoms with Crippen molar-refractivity contribution in [3.05, 3.63) is 17.0 Å². The Hall–Kier alpha value is -1.69. The zero-order chi connectivity index (χ0) is 14.5. The van der Waals surface area contributed by atoms with Crippen LogP contribution in [-0.2, 0) is 22.5 Å². The Morgan fingerprint density at radius 3 is 2.47 bits per heavy atom. The molecule has 0 saturated carbocycles. The lowest BCUT2D eigenvalue weighted by molar-refractivity contribution is -0.118. The summed E-state index contributed by atoms with van der Waals surface area (Å²) < 4.78 is 4.94. The van der Waals surface area contributed by atoms with E-state index in [0.717, 1.165) is 24.0 Å². The number of hydrogen-bond donors (Lipinski definition) is 1. The monoisotopic (exact) mass is 267 g/mol. The lowest BCUT2D eigenvalue weighted by Crippen LogP contribution is -2.29. The van der Waals surface area contributed by atoms with E-state index in [4.69, 9.17) is 4.74 Å². The highest BCUT2D eigenvalue weighted by molar-refractivity contribution is 5.75. The van der Waals surface area contributed by atoms with Crippen LogP contribution in [0.4, 0.5) is 0 Å². The molecule has 0 radical (unpaired) electrons. The molecule has 1 amide bonds. The fourth-order valence-electron chi connectivity index (χ4n) is 1.55. The van der Waals surface area contributed by atoms with Crippen LogP contribution in [0.25, 0.3) is 0 Å². The number of H-pyrrole nitrogens is 1. The van der Waals surface area contributed by atoms with Gasteiger partial charge in [0.2, 0.25) is 6.41 Å². The summed E-state index contributed by atoms with van der Waals surface area (Å²) in [4.78, 5) is 22.6. The molecule has 0 bridgehead atoms. The van der Waals surface area contributed by atoms with Crippen molar-refractivity contribution in [2.45, 2.75) is 39.3 Å². The predicted octanol–water partition coefficient (Wildman–Crippen LogP) is 1.17. The smallest absolute Gasteiger partial charge is 0.210 e. The number of nitrogens with zero attached hydrogens (tertiary/aromatic N) is 2. The van der Waals surface area contributed by atoms with Crippen molar-refractivity contribution in [2.24, 2.45) is 0 Å². The number of carbonyl (C=O) groups excluding carboxylic acids is 2. The number of ether oxygens (including phenoxy) is 1. The molecule has 0 saturated heterocycles. The summed E-state index contributed by atoms with van der Waals surface area (Å²) >= 11 is 0. The quantitative estimate of drug-likeness (QED) is 0.816. The molecule has 0 fully saturated rings. The normalized spacial score (nSPS) is 14.2. The Morgan fingerprint density at radius 2 is 2.00 bits per heavy atom. The first-order valence-corrected chi connectivity index (χ1v) is 6.17. The van der Waals surface area contributed by atoms with E-state index in [1.807, 2.05) is 20.8 Å². The third-order valence-corrected chi connectivity index (χ3v) is 2.87. The minimum Gasteiger partial charge on any atom is -0.379 e. The van der Waals surface area contributed by atoms with Gasteiger partial charge in [0.15, 0.2) is 6.29 Å². The fourth-order valence-corrected chi connectivity index (χ4v) is 1.55. The number of amides is 1. The van der Waals surface area contributed by atoms with Gasteiger partial charge in [0.25, 0.3) is 0 Å². The molecule has 0 aromatic carbocycles. The maximum Gasteiger partial charge on any atom is 0.210 e. The number of rotatable bonds is 2. The summed E-state index contributed by atoms with van der Waals surface area (Å²) in [6.07, 6.45) is 2.26. The lowest BCUT2D eigenvalue weighted by atomic mass is 10.1. The van der Waals surface area contributed by atoms with E-state index in [1.54, 1.807) is 12.0 Å². The first-order valence-electron chi connectivity index (χ1n) is 6.17. The number of methoxy groups -OCH3 is 1. The lowest BCUT2D eigenvalue weighted by Gasteiger charge is -2.21. The van der Waals surface area contributed by atoms with E-state index < -0.39 is 0 Å². The molecular weight excluding hydrogens is 246 g/mol. The molecule has 0 atom stereocenters. The Morgan fingerprint density at radius 1 is 1.37 bits per heavy atom. The second-order valence-corrected chi connectivity index (χ2v) is 5.33. The molecule has 6 nitrogen and oxygen atoms in total. The van der Waals surface area contributed by atoms with Crippen LogP contribution < -0.4 is 0 Å². The number of aromatic amines is 1. The van der Waals surface area contributed by atoms with Crippen molar-refractivity contribution in [2.75, 3.05) is 13.7 Å². The Kier molecular flexibility index (Phi) is 5.23. The molecule has 19 heavy (non-hydrogen) atoms. The van der Waals surface area contributed by atoms with Gasteiger partial charge in [-0.15, -0.1) is 0 Å². The van der Waals surface area contributed by atoms with Crippen LogP contribution in [0.3, 0.4) is 0 Å². The molecule has 1 N–H and O–H groups in total. The summed E-state index contributed by atoms with van der Waals surface area (Å²) in [6.45, 7) is 7.25. The van der Waals surface area contributed by atoms with Gasteiger partial charge in [-0.05, 0) is 27.2 Å². The minimum absolute atomic E-state index is 0.0417. The van der Waals surface area contributed by atoms with Gasteiger partial charge in [-0.1, -0.05) is 0 Å². The molecule has 0 aliphatic carbocycles. The van der Waals surface area contributed by atoms with E-state index in [2.05, 4.69) is 10.2 Å². The highest BCUT2D eigenvalue weighted by atomic mass is 16.5. The standard InChI is InChI=1S/C8H9N3O2.C5H12O/c12-4-8-6-1-2-11(5-13)3-7(6)9-10-8;1-5(2,3)6-4/h4-5H,1-3H2,(H,9,10);1-4H3. The summed E-state index contributed by atoms with van der Waals surface area (Å²) in [6, 6.07) is 0. The largest absolute Gasteiger partial charge is 0.379 e. The van der Waals surface area contributed by atoms with Gasteiger partial charge < -0.3 is 9.64 Å². The molecule has 0 spiro atoms. The first kappa shape index (κ1) is 15.4. The number of aromatic nitrogens is 2. The van der Waals surface area contributed by atoms with Crippen LogP contribution in [0.2, 0.25) is 0 Å². The number of hydrogen-bond acceptors (Lipinski definition) is 4. The molecule has 1 aliphatic rings. The van der Waals surface area contributed by atoms with Gasteiger partial charge in [0.05, 0.1) is 17.8 Å². The van der Waals surface area contributed by atoms with E-state index >= 15 is 0 Å². The van der Waals surface area contributed by atoms with Crippen molar-refractivity contribution >= 4 is 12.7 Å². The van der Waals surface area contributed by atoms with Crippen LogP contribution in [-0.4, -0.2) is 47.0 Å². The molecule has 106 valence electrons. The van der Waals surface area contributed by atoms with E-state index in [9.17, 15) is 9.59 Å². The van der Waals surface area contributed by atoms with E-state index in [1.165, 1.54) is 0 Å². The highest BCUT2D eigenvalue weighted by Crippen LogP contribution is 2.17. The molecule has 1 aliphatic heterocycles. The summed E-state index contributed by atoms with van der Waals surface area (Å²) in [5, 5.41) is 6.61. The second-order valence-electron chi connectivity index (χ2n) is 5.33. The van der Waals surface area contributed by atoms with Gasteiger partial charge in [-0.2, -0.15) is 5.10 Å². The Balaban J connectivity index is 0.000000258. The minimum atomic E-state index is 0.0417. The van der Waals surface area contributed by atoms with Crippen molar-refractivity contribution in [1.29, 1.82) is 0 Å². The number of aldehydes is 1. The van der Waals surface area contributed by atoms with Crippen LogP contribution in [0, 0.1) is 0 Å². The van der Waals surface area contributed by atoms with E-state index in [0.29, 0.717) is 25.2 Å².